The number of phosphoric ester groups is 1. The maximum absolute atomic E-state index is 12.5. The first kappa shape index (κ1) is 49.2. The number of aliphatic hydroxyl groups is 2. The van der Waals surface area contributed by atoms with Gasteiger partial charge < -0.3 is 24.6 Å². The fourth-order valence-corrected chi connectivity index (χ4v) is 5.94. The van der Waals surface area contributed by atoms with E-state index < -0.39 is 51.8 Å². The molecule has 3 atom stereocenters. The van der Waals surface area contributed by atoms with Crippen LogP contribution in [0.4, 0.5) is 0 Å². The summed E-state index contributed by atoms with van der Waals surface area (Å²) in [6.45, 7) is 2.30. The molecule has 10 nitrogen and oxygen atoms in total. The minimum absolute atomic E-state index is 0.160. The van der Waals surface area contributed by atoms with E-state index in [2.05, 4.69) is 54.8 Å². The first-order chi connectivity index (χ1) is 24.7. The van der Waals surface area contributed by atoms with Crippen molar-refractivity contribution in [1.29, 1.82) is 0 Å². The number of aliphatic hydroxyl groups excluding tert-OH is 2. The number of unbranched alkanes of at least 4 members (excludes halogenated alkanes) is 18. The second kappa shape index (κ2) is 36.5. The van der Waals surface area contributed by atoms with Crippen molar-refractivity contribution >= 4 is 19.8 Å². The maximum Gasteiger partial charge on any atom is 0.472 e. The molecule has 51 heavy (non-hydrogen) atoms. The van der Waals surface area contributed by atoms with E-state index in [1.54, 1.807) is 0 Å². The molecule has 0 rings (SSSR count). The summed E-state index contributed by atoms with van der Waals surface area (Å²) in [6.07, 6.45) is 35.4. The molecule has 0 spiro atoms. The molecule has 0 aromatic heterocycles. The summed E-state index contributed by atoms with van der Waals surface area (Å²) in [5, 5.41) is 18.3. The van der Waals surface area contributed by atoms with E-state index in [0.717, 1.165) is 64.2 Å². The Hall–Kier alpha value is -1.81. The third kappa shape index (κ3) is 36.3. The predicted octanol–water partition coefficient (Wildman–Crippen LogP) is 10.00. The number of carbonyl (C=O) groups excluding carboxylic acids is 2. The van der Waals surface area contributed by atoms with E-state index >= 15 is 0 Å². The summed E-state index contributed by atoms with van der Waals surface area (Å²) < 4.78 is 32.6. The number of hydrogen-bond donors (Lipinski definition) is 3. The second-order valence-corrected chi connectivity index (χ2v) is 14.8. The SMILES string of the molecule is CCCCCC/C=C/C=C/CCCCCCCC(=O)OC[C@H](COP(=O)(O)OC[C@@H](O)CO)OC(=O)CCCCC/C=C/CCCCCCCC. The summed E-state index contributed by atoms with van der Waals surface area (Å²) in [4.78, 5) is 34.8. The number of carbonyl (C=O) groups is 2. The van der Waals surface area contributed by atoms with Gasteiger partial charge in [0, 0.05) is 12.8 Å². The predicted molar refractivity (Wildman–Crippen MR) is 205 cm³/mol. The molecule has 0 saturated carbocycles. The largest absolute Gasteiger partial charge is 0.472 e. The van der Waals surface area contributed by atoms with Crippen molar-refractivity contribution in [2.75, 3.05) is 26.4 Å². The smallest absolute Gasteiger partial charge is 0.462 e. The van der Waals surface area contributed by atoms with Gasteiger partial charge in [0.15, 0.2) is 6.10 Å². The summed E-state index contributed by atoms with van der Waals surface area (Å²) in [5.74, 6) is -0.963. The van der Waals surface area contributed by atoms with E-state index in [1.165, 1.54) is 64.2 Å². The van der Waals surface area contributed by atoms with Crippen molar-refractivity contribution in [3.05, 3.63) is 36.5 Å². The fraction of sp³-hybridized carbons (Fsp3) is 0.800. The van der Waals surface area contributed by atoms with E-state index in [0.29, 0.717) is 12.8 Å². The van der Waals surface area contributed by atoms with Crippen LogP contribution in [-0.2, 0) is 32.7 Å². The number of rotatable bonds is 37. The van der Waals surface area contributed by atoms with E-state index in [-0.39, 0.29) is 19.4 Å². The van der Waals surface area contributed by atoms with E-state index in [9.17, 15) is 24.2 Å². The van der Waals surface area contributed by atoms with Crippen LogP contribution < -0.4 is 0 Å². The maximum atomic E-state index is 12.5. The first-order valence-corrected chi connectivity index (χ1v) is 21.5. The van der Waals surface area contributed by atoms with Crippen LogP contribution in [0.25, 0.3) is 0 Å². The highest BCUT2D eigenvalue weighted by Gasteiger charge is 2.27. The molecule has 0 aliphatic carbocycles. The van der Waals surface area contributed by atoms with Crippen molar-refractivity contribution in [2.24, 2.45) is 0 Å². The van der Waals surface area contributed by atoms with Crippen molar-refractivity contribution in [3.63, 3.8) is 0 Å². The standard InChI is InChI=1S/C40H73O10P/c1-3-5-7-9-11-13-15-17-18-20-21-23-25-27-29-31-39(43)47-35-38(36-49-51(45,46)48-34-37(42)33-41)50-40(44)32-30-28-26-24-22-19-16-14-12-10-8-6-4-2/h13,15,17-19,22,37-38,41-42H,3-12,14,16,20-21,23-36H2,1-2H3,(H,45,46)/b15-13+,18-17+,22-19+/t37-,38+/m0/s1. The minimum Gasteiger partial charge on any atom is -0.462 e. The van der Waals surface area contributed by atoms with Gasteiger partial charge in [-0.2, -0.15) is 0 Å². The Bertz CT molecular complexity index is 952. The van der Waals surface area contributed by atoms with Gasteiger partial charge in [-0.05, 0) is 64.2 Å². The Balaban J connectivity index is 4.40. The van der Waals surface area contributed by atoms with Gasteiger partial charge in [-0.1, -0.05) is 127 Å². The third-order valence-electron chi connectivity index (χ3n) is 8.29. The number of esters is 2. The minimum atomic E-state index is -4.62. The van der Waals surface area contributed by atoms with Gasteiger partial charge in [-0.25, -0.2) is 4.57 Å². The molecular weight excluding hydrogens is 671 g/mol. The lowest BCUT2D eigenvalue weighted by atomic mass is 10.1. The molecule has 0 radical (unpaired) electrons. The molecule has 0 bridgehead atoms. The van der Waals surface area contributed by atoms with Gasteiger partial charge in [0.25, 0.3) is 0 Å². The van der Waals surface area contributed by atoms with E-state index in [1.807, 2.05) is 0 Å². The zero-order valence-electron chi connectivity index (χ0n) is 32.1. The highest BCUT2D eigenvalue weighted by Crippen LogP contribution is 2.43. The lowest BCUT2D eigenvalue weighted by Crippen LogP contribution is -2.29. The fourth-order valence-electron chi connectivity index (χ4n) is 5.15. The second-order valence-electron chi connectivity index (χ2n) is 13.3. The first-order valence-electron chi connectivity index (χ1n) is 20.0. The van der Waals surface area contributed by atoms with E-state index in [4.69, 9.17) is 19.1 Å². The normalized spacial score (nSPS) is 14.4. The molecule has 0 heterocycles. The topological polar surface area (TPSA) is 149 Å². The molecule has 1 unspecified atom stereocenters. The van der Waals surface area contributed by atoms with Crippen LogP contribution in [0.3, 0.4) is 0 Å². The quantitative estimate of drug-likeness (QED) is 0.0184. The van der Waals surface area contributed by atoms with Crippen LogP contribution >= 0.6 is 7.82 Å². The monoisotopic (exact) mass is 744 g/mol. The summed E-state index contributed by atoms with van der Waals surface area (Å²) in [6, 6.07) is 0. The Morgan fingerprint density at radius 3 is 1.57 bits per heavy atom. The summed E-state index contributed by atoms with van der Waals surface area (Å²) in [5.41, 5.74) is 0. The molecule has 0 fully saturated rings. The molecule has 3 N–H and O–H groups in total. The number of phosphoric acid groups is 1. The van der Waals surface area contributed by atoms with Gasteiger partial charge in [-0.3, -0.25) is 18.6 Å². The van der Waals surface area contributed by atoms with Gasteiger partial charge in [0.1, 0.15) is 12.7 Å². The summed E-state index contributed by atoms with van der Waals surface area (Å²) >= 11 is 0. The van der Waals surface area contributed by atoms with Crippen molar-refractivity contribution < 1.29 is 47.8 Å². The van der Waals surface area contributed by atoms with Crippen molar-refractivity contribution in [2.45, 2.75) is 180 Å². The van der Waals surface area contributed by atoms with Crippen LogP contribution in [-0.4, -0.2) is 65.7 Å². The van der Waals surface area contributed by atoms with Gasteiger partial charge >= 0.3 is 19.8 Å². The zero-order chi connectivity index (χ0) is 37.7. The van der Waals surface area contributed by atoms with Gasteiger partial charge in [0.05, 0.1) is 19.8 Å². The zero-order valence-corrected chi connectivity index (χ0v) is 33.0. The third-order valence-corrected chi connectivity index (χ3v) is 9.25. The van der Waals surface area contributed by atoms with Crippen LogP contribution in [0, 0.1) is 0 Å². The molecule has 11 heteroatoms. The molecule has 0 aromatic carbocycles. The highest BCUT2D eigenvalue weighted by molar-refractivity contribution is 7.47. The highest BCUT2D eigenvalue weighted by atomic mass is 31.2. The molecule has 0 aliphatic rings. The number of allylic oxidation sites excluding steroid dienone is 6. The lowest BCUT2D eigenvalue weighted by Gasteiger charge is -2.20. The Labute approximate surface area is 310 Å². The summed E-state index contributed by atoms with van der Waals surface area (Å²) in [7, 11) is -4.62. The van der Waals surface area contributed by atoms with Crippen molar-refractivity contribution in [1.82, 2.24) is 0 Å². The van der Waals surface area contributed by atoms with Gasteiger partial charge in [0.2, 0.25) is 0 Å². The molecule has 0 aromatic rings. The van der Waals surface area contributed by atoms with Crippen LogP contribution in [0.5, 0.6) is 0 Å². The number of hydrogen-bond acceptors (Lipinski definition) is 9. The van der Waals surface area contributed by atoms with Gasteiger partial charge in [-0.15, -0.1) is 0 Å². The Kier molecular flexibility index (Phi) is 35.2. The molecule has 0 saturated heterocycles. The van der Waals surface area contributed by atoms with Crippen LogP contribution in [0.1, 0.15) is 168 Å². The molecule has 0 aliphatic heterocycles. The Morgan fingerprint density at radius 1 is 0.588 bits per heavy atom. The lowest BCUT2D eigenvalue weighted by molar-refractivity contribution is -0.161. The average Bonchev–Trinajstić information content (AvgIpc) is 3.12. The Morgan fingerprint density at radius 2 is 1.02 bits per heavy atom. The number of ether oxygens (including phenoxy) is 2. The molecule has 298 valence electrons. The average molecular weight is 745 g/mol. The molecule has 0 amide bonds. The van der Waals surface area contributed by atoms with Crippen LogP contribution in [0.2, 0.25) is 0 Å². The van der Waals surface area contributed by atoms with Crippen LogP contribution in [0.15, 0.2) is 36.5 Å². The van der Waals surface area contributed by atoms with Crippen molar-refractivity contribution in [3.8, 4) is 0 Å². The molecular formula is C40H73O10P.